The van der Waals surface area contributed by atoms with Crippen LogP contribution in [0.1, 0.15) is 6.92 Å². The third-order valence-corrected chi connectivity index (χ3v) is 2.38. The minimum atomic E-state index is 0.0675. The van der Waals surface area contributed by atoms with Crippen molar-refractivity contribution in [2.75, 3.05) is 29.0 Å². The lowest BCUT2D eigenvalue weighted by Gasteiger charge is -2.30. The number of carbonyl (C=O) groups is 1. The summed E-state index contributed by atoms with van der Waals surface area (Å²) in [6.07, 6.45) is 0. The van der Waals surface area contributed by atoms with E-state index in [-0.39, 0.29) is 5.91 Å². The molecule has 0 spiro atoms. The summed E-state index contributed by atoms with van der Waals surface area (Å²) in [4.78, 5) is 13.3. The summed E-state index contributed by atoms with van der Waals surface area (Å²) < 4.78 is 0. The lowest BCUT2D eigenvalue weighted by Crippen LogP contribution is -2.40. The zero-order valence-electron chi connectivity index (χ0n) is 8.08. The van der Waals surface area contributed by atoms with Crippen LogP contribution < -0.4 is 16.0 Å². The van der Waals surface area contributed by atoms with Crippen LogP contribution in [0.25, 0.3) is 0 Å². The molecule has 0 aliphatic carbocycles. The molecule has 14 heavy (non-hydrogen) atoms. The Morgan fingerprint density at radius 2 is 2.36 bits per heavy atom. The summed E-state index contributed by atoms with van der Waals surface area (Å²) in [6.45, 7) is 2.95. The molecule has 0 aromatic heterocycles. The number of nitrogen functional groups attached to an aromatic ring is 1. The second kappa shape index (κ2) is 3.21. The third kappa shape index (κ3) is 1.19. The maximum atomic E-state index is 11.5. The van der Waals surface area contributed by atoms with Crippen molar-refractivity contribution in [2.45, 2.75) is 6.92 Å². The van der Waals surface area contributed by atoms with Crippen LogP contribution in [0.4, 0.5) is 17.1 Å². The van der Waals surface area contributed by atoms with Gasteiger partial charge >= 0.3 is 0 Å². The number of hydrogen-bond acceptors (Lipinski definition) is 3. The average Bonchev–Trinajstić information content (AvgIpc) is 2.19. The van der Waals surface area contributed by atoms with Crippen LogP contribution in [-0.4, -0.2) is 19.0 Å². The number of rotatable bonds is 1. The Morgan fingerprint density at radius 1 is 1.57 bits per heavy atom. The van der Waals surface area contributed by atoms with Crippen LogP contribution in [0.2, 0.25) is 0 Å². The number of likely N-dealkylation sites (N-methyl/N-ethyl adjacent to an activating group) is 1. The first-order valence-corrected chi connectivity index (χ1v) is 4.66. The zero-order chi connectivity index (χ0) is 10.1. The minimum absolute atomic E-state index is 0.0675. The highest BCUT2D eigenvalue weighted by molar-refractivity contribution is 6.05. The number of nitrogens with zero attached hydrogens (tertiary/aromatic N) is 1. The molecule has 1 aromatic carbocycles. The maximum absolute atomic E-state index is 11.5. The molecule has 4 heteroatoms. The molecule has 4 nitrogen and oxygen atoms in total. The van der Waals surface area contributed by atoms with Crippen molar-refractivity contribution in [3.63, 3.8) is 0 Å². The Balaban J connectivity index is 2.54. The number of nitrogens with two attached hydrogens (primary N) is 1. The van der Waals surface area contributed by atoms with Gasteiger partial charge in [0.15, 0.2) is 0 Å². The third-order valence-electron chi connectivity index (χ3n) is 2.38. The molecule has 2 rings (SSSR count). The fourth-order valence-electron chi connectivity index (χ4n) is 1.73. The van der Waals surface area contributed by atoms with Crippen molar-refractivity contribution < 1.29 is 4.79 Å². The number of anilines is 3. The number of para-hydroxylation sites is 1. The van der Waals surface area contributed by atoms with Crippen LogP contribution in [0.15, 0.2) is 18.2 Å². The smallest absolute Gasteiger partial charge is 0.246 e. The van der Waals surface area contributed by atoms with E-state index in [0.717, 1.165) is 11.4 Å². The van der Waals surface area contributed by atoms with Crippen molar-refractivity contribution in [3.05, 3.63) is 18.2 Å². The van der Waals surface area contributed by atoms with E-state index in [2.05, 4.69) is 5.32 Å². The number of carbonyl (C=O) groups excluding carboxylic acids is 1. The minimum Gasteiger partial charge on any atom is -0.397 e. The van der Waals surface area contributed by atoms with E-state index in [9.17, 15) is 4.79 Å². The lowest BCUT2D eigenvalue weighted by molar-refractivity contribution is -0.117. The predicted molar refractivity (Wildman–Crippen MR) is 57.4 cm³/mol. The second-order valence-corrected chi connectivity index (χ2v) is 3.23. The molecule has 3 N–H and O–H groups in total. The second-order valence-electron chi connectivity index (χ2n) is 3.23. The van der Waals surface area contributed by atoms with Gasteiger partial charge in [-0.2, -0.15) is 0 Å². The van der Waals surface area contributed by atoms with Crippen molar-refractivity contribution in [1.82, 2.24) is 0 Å². The van der Waals surface area contributed by atoms with Gasteiger partial charge in [-0.05, 0) is 19.1 Å². The highest BCUT2D eigenvalue weighted by atomic mass is 16.2. The fraction of sp³-hybridized carbons (Fsp3) is 0.300. The zero-order valence-corrected chi connectivity index (χ0v) is 8.08. The molecular weight excluding hydrogens is 178 g/mol. The van der Waals surface area contributed by atoms with Crippen LogP contribution in [0.5, 0.6) is 0 Å². The summed E-state index contributed by atoms with van der Waals surface area (Å²) in [5, 5.41) is 3.05. The number of benzene rings is 1. The SMILES string of the molecule is CCN1C(=O)CNc2cccc(N)c21. The molecule has 1 amide bonds. The van der Waals surface area contributed by atoms with Crippen LogP contribution in [0, 0.1) is 0 Å². The number of nitrogens with one attached hydrogen (secondary N) is 1. The summed E-state index contributed by atoms with van der Waals surface area (Å²) in [6, 6.07) is 5.62. The monoisotopic (exact) mass is 191 g/mol. The summed E-state index contributed by atoms with van der Waals surface area (Å²) >= 11 is 0. The molecule has 1 aromatic rings. The molecule has 0 saturated heterocycles. The van der Waals surface area contributed by atoms with Gasteiger partial charge in [0.25, 0.3) is 0 Å². The van der Waals surface area contributed by atoms with E-state index in [1.807, 2.05) is 25.1 Å². The van der Waals surface area contributed by atoms with Gasteiger partial charge in [0.1, 0.15) is 0 Å². The van der Waals surface area contributed by atoms with E-state index < -0.39 is 0 Å². The van der Waals surface area contributed by atoms with E-state index in [1.165, 1.54) is 0 Å². The Kier molecular flexibility index (Phi) is 2.04. The first-order chi connectivity index (χ1) is 6.74. The lowest BCUT2D eigenvalue weighted by atomic mass is 10.1. The van der Waals surface area contributed by atoms with Gasteiger partial charge in [-0.3, -0.25) is 4.79 Å². The van der Waals surface area contributed by atoms with Gasteiger partial charge in [0.2, 0.25) is 5.91 Å². The quantitative estimate of drug-likeness (QED) is 0.652. The molecule has 0 unspecified atom stereocenters. The number of fused-ring (bicyclic) bond motifs is 1. The van der Waals surface area contributed by atoms with Crippen LogP contribution >= 0.6 is 0 Å². The van der Waals surface area contributed by atoms with Gasteiger partial charge in [-0.1, -0.05) is 6.07 Å². The molecule has 1 aliphatic heterocycles. The predicted octanol–water partition coefficient (Wildman–Crippen LogP) is 1.05. The Labute approximate surface area is 82.7 Å². The van der Waals surface area contributed by atoms with Crippen LogP contribution in [-0.2, 0) is 4.79 Å². The normalized spacial score (nSPS) is 14.9. The molecule has 1 aliphatic rings. The molecular formula is C10H13N3O. The maximum Gasteiger partial charge on any atom is 0.246 e. The van der Waals surface area contributed by atoms with Crippen molar-refractivity contribution >= 4 is 23.0 Å². The Morgan fingerprint density at radius 3 is 3.07 bits per heavy atom. The highest BCUT2D eigenvalue weighted by Gasteiger charge is 2.23. The standard InChI is InChI=1S/C10H13N3O/c1-2-13-9(14)6-12-8-5-3-4-7(11)10(8)13/h3-5,12H,2,6,11H2,1H3. The van der Waals surface area contributed by atoms with E-state index >= 15 is 0 Å². The first kappa shape index (κ1) is 8.87. The number of amides is 1. The van der Waals surface area contributed by atoms with E-state index in [4.69, 9.17) is 5.73 Å². The van der Waals surface area contributed by atoms with Crippen molar-refractivity contribution in [2.24, 2.45) is 0 Å². The van der Waals surface area contributed by atoms with Gasteiger partial charge in [0, 0.05) is 6.54 Å². The Hall–Kier alpha value is -1.71. The summed E-state index contributed by atoms with van der Waals surface area (Å²) in [5.41, 5.74) is 8.23. The molecule has 74 valence electrons. The number of hydrogen-bond donors (Lipinski definition) is 2. The van der Waals surface area contributed by atoms with Gasteiger partial charge in [-0.25, -0.2) is 0 Å². The average molecular weight is 191 g/mol. The molecule has 0 fully saturated rings. The largest absolute Gasteiger partial charge is 0.397 e. The van der Waals surface area contributed by atoms with Gasteiger partial charge < -0.3 is 16.0 Å². The molecule has 0 atom stereocenters. The van der Waals surface area contributed by atoms with E-state index in [0.29, 0.717) is 18.8 Å². The van der Waals surface area contributed by atoms with Gasteiger partial charge in [-0.15, -0.1) is 0 Å². The topological polar surface area (TPSA) is 58.4 Å². The molecule has 0 radical (unpaired) electrons. The van der Waals surface area contributed by atoms with Gasteiger partial charge in [0.05, 0.1) is 23.6 Å². The molecule has 0 bridgehead atoms. The van der Waals surface area contributed by atoms with Crippen molar-refractivity contribution in [1.29, 1.82) is 0 Å². The molecule has 0 saturated carbocycles. The Bertz CT molecular complexity index is 376. The summed E-state index contributed by atoms with van der Waals surface area (Å²) in [5.74, 6) is 0.0675. The fourth-order valence-corrected chi connectivity index (χ4v) is 1.73. The first-order valence-electron chi connectivity index (χ1n) is 4.66. The molecule has 1 heterocycles. The van der Waals surface area contributed by atoms with Crippen LogP contribution in [0.3, 0.4) is 0 Å². The van der Waals surface area contributed by atoms with Crippen molar-refractivity contribution in [3.8, 4) is 0 Å². The highest BCUT2D eigenvalue weighted by Crippen LogP contribution is 2.34. The summed E-state index contributed by atoms with van der Waals surface area (Å²) in [7, 11) is 0. The van der Waals surface area contributed by atoms with E-state index in [1.54, 1.807) is 4.90 Å².